The van der Waals surface area contributed by atoms with Gasteiger partial charge in [0.25, 0.3) is 0 Å². The minimum Gasteiger partial charge on any atom is -0.461 e. The molecule has 2 aromatic heterocycles. The Kier molecular flexibility index (Phi) is 5.61. The summed E-state index contributed by atoms with van der Waals surface area (Å²) in [4.78, 5) is 17.5. The van der Waals surface area contributed by atoms with Crippen molar-refractivity contribution < 1.29 is 13.5 Å². The second-order valence-corrected chi connectivity index (χ2v) is 13.3. The van der Waals surface area contributed by atoms with E-state index in [0.717, 1.165) is 81.2 Å². The van der Waals surface area contributed by atoms with Gasteiger partial charge in [-0.1, -0.05) is 12.1 Å². The Morgan fingerprint density at radius 3 is 2.55 bits per heavy atom. The molecular formula is C33H36F2N6O. The molecule has 9 heteroatoms. The monoisotopic (exact) mass is 570 g/mol. The molecular weight excluding hydrogens is 534 g/mol. The third-order valence-electron chi connectivity index (χ3n) is 10.7. The predicted octanol–water partition coefficient (Wildman–Crippen LogP) is 5.88. The number of piperazine rings is 1. The highest BCUT2D eigenvalue weighted by Gasteiger charge is 2.45. The molecule has 5 fully saturated rings. The summed E-state index contributed by atoms with van der Waals surface area (Å²) in [6, 6.07) is 8.42. The zero-order valence-corrected chi connectivity index (χ0v) is 23.8. The molecule has 218 valence electrons. The molecule has 1 saturated carbocycles. The SMILES string of the molecule is Fc1cc2c(N3C[C@H]4CC[C@@H](C3)N4)nc(OCC34CCCN3CCC4)nc2c(F)c1-c1c[nH]c2cccc(C3CC3)c12. The highest BCUT2D eigenvalue weighted by molar-refractivity contribution is 6.02. The van der Waals surface area contributed by atoms with Crippen molar-refractivity contribution in [1.29, 1.82) is 0 Å². The highest BCUT2D eigenvalue weighted by atomic mass is 19.1. The molecule has 0 spiro atoms. The Hall–Kier alpha value is -3.30. The summed E-state index contributed by atoms with van der Waals surface area (Å²) in [6.07, 6.45) is 10.7. The summed E-state index contributed by atoms with van der Waals surface area (Å²) in [7, 11) is 0. The molecule has 4 saturated heterocycles. The van der Waals surface area contributed by atoms with E-state index in [4.69, 9.17) is 9.72 Å². The molecule has 1 aliphatic carbocycles. The first-order valence-corrected chi connectivity index (χ1v) is 15.8. The van der Waals surface area contributed by atoms with Crippen LogP contribution in [0.5, 0.6) is 6.01 Å². The predicted molar refractivity (Wildman–Crippen MR) is 159 cm³/mol. The molecule has 4 aliphatic heterocycles. The minimum absolute atomic E-state index is 0.0163. The van der Waals surface area contributed by atoms with Crippen LogP contribution in [0.25, 0.3) is 32.9 Å². The summed E-state index contributed by atoms with van der Waals surface area (Å²) in [5, 5.41) is 4.97. The topological polar surface area (TPSA) is 69.3 Å². The average molecular weight is 571 g/mol. The number of rotatable bonds is 6. The van der Waals surface area contributed by atoms with Crippen LogP contribution in [0.1, 0.15) is 62.8 Å². The number of fused-ring (bicyclic) bond motifs is 5. The third-order valence-corrected chi connectivity index (χ3v) is 10.7. The molecule has 5 aliphatic rings. The number of hydrogen-bond donors (Lipinski definition) is 2. The number of halogens is 2. The number of aromatic nitrogens is 3. The normalized spacial score (nSPS) is 25.1. The summed E-state index contributed by atoms with van der Waals surface area (Å²) < 4.78 is 39.3. The maximum Gasteiger partial charge on any atom is 0.319 e. The molecule has 7 nitrogen and oxygen atoms in total. The molecule has 4 aromatic rings. The van der Waals surface area contributed by atoms with Crippen molar-refractivity contribution in [3.63, 3.8) is 0 Å². The van der Waals surface area contributed by atoms with Crippen LogP contribution in [0.2, 0.25) is 0 Å². The van der Waals surface area contributed by atoms with Crippen molar-refractivity contribution in [2.45, 2.75) is 74.9 Å². The zero-order valence-electron chi connectivity index (χ0n) is 23.8. The summed E-state index contributed by atoms with van der Waals surface area (Å²) in [5.41, 5.74) is 2.72. The lowest BCUT2D eigenvalue weighted by Crippen LogP contribution is -2.51. The van der Waals surface area contributed by atoms with Crippen molar-refractivity contribution in [2.24, 2.45) is 0 Å². The first-order valence-electron chi connectivity index (χ1n) is 15.8. The number of nitrogens with zero attached hydrogens (tertiary/aromatic N) is 4. The van der Waals surface area contributed by atoms with Gasteiger partial charge in [-0.2, -0.15) is 9.97 Å². The van der Waals surface area contributed by atoms with Gasteiger partial charge >= 0.3 is 6.01 Å². The van der Waals surface area contributed by atoms with Gasteiger partial charge in [0.05, 0.1) is 11.1 Å². The smallest absolute Gasteiger partial charge is 0.319 e. The van der Waals surface area contributed by atoms with E-state index in [1.807, 2.05) is 12.1 Å². The fourth-order valence-electron chi connectivity index (χ4n) is 8.49. The molecule has 0 amide bonds. The zero-order chi connectivity index (χ0) is 28.0. The molecule has 0 radical (unpaired) electrons. The number of anilines is 1. The van der Waals surface area contributed by atoms with Gasteiger partial charge in [0.2, 0.25) is 0 Å². The van der Waals surface area contributed by atoms with Crippen LogP contribution in [0.4, 0.5) is 14.6 Å². The maximum atomic E-state index is 16.8. The second-order valence-electron chi connectivity index (χ2n) is 13.3. The first kappa shape index (κ1) is 25.2. The van der Waals surface area contributed by atoms with Gasteiger partial charge in [-0.05, 0) is 88.1 Å². The van der Waals surface area contributed by atoms with Crippen LogP contribution in [0, 0.1) is 11.6 Å². The van der Waals surface area contributed by atoms with E-state index in [9.17, 15) is 0 Å². The van der Waals surface area contributed by atoms with Gasteiger partial charge in [-0.15, -0.1) is 0 Å². The van der Waals surface area contributed by atoms with E-state index in [1.165, 1.54) is 18.9 Å². The Balaban J connectivity index is 1.19. The fraction of sp³-hybridized carbons (Fsp3) is 0.515. The van der Waals surface area contributed by atoms with Crippen LogP contribution < -0.4 is 15.0 Å². The first-order chi connectivity index (χ1) is 20.6. The van der Waals surface area contributed by atoms with Crippen LogP contribution in [0.15, 0.2) is 30.5 Å². The minimum atomic E-state index is -0.648. The van der Waals surface area contributed by atoms with E-state index >= 15 is 8.78 Å². The van der Waals surface area contributed by atoms with E-state index in [0.29, 0.717) is 41.4 Å². The number of H-pyrrole nitrogens is 1. The van der Waals surface area contributed by atoms with Crippen molar-refractivity contribution in [1.82, 2.24) is 25.2 Å². The Labute approximate surface area is 243 Å². The molecule has 6 heterocycles. The molecule has 42 heavy (non-hydrogen) atoms. The van der Waals surface area contributed by atoms with Gasteiger partial charge in [0.1, 0.15) is 23.8 Å². The van der Waals surface area contributed by atoms with Gasteiger partial charge in [0, 0.05) is 53.2 Å². The van der Waals surface area contributed by atoms with Crippen molar-refractivity contribution >= 4 is 27.6 Å². The largest absolute Gasteiger partial charge is 0.461 e. The van der Waals surface area contributed by atoms with Crippen LogP contribution in [0.3, 0.4) is 0 Å². The third kappa shape index (κ3) is 3.89. The Morgan fingerprint density at radius 1 is 1.00 bits per heavy atom. The van der Waals surface area contributed by atoms with Crippen molar-refractivity contribution in [3.05, 3.63) is 47.7 Å². The van der Waals surface area contributed by atoms with E-state index < -0.39 is 11.6 Å². The van der Waals surface area contributed by atoms with Crippen LogP contribution >= 0.6 is 0 Å². The molecule has 2 N–H and O–H groups in total. The number of hydrogen-bond acceptors (Lipinski definition) is 6. The van der Waals surface area contributed by atoms with E-state index in [2.05, 4.69) is 31.2 Å². The molecule has 9 rings (SSSR count). The average Bonchev–Trinajstić information content (AvgIpc) is 3.26. The van der Waals surface area contributed by atoms with Gasteiger partial charge < -0.3 is 19.9 Å². The lowest BCUT2D eigenvalue weighted by molar-refractivity contribution is 0.108. The number of ether oxygens (including phenoxy) is 1. The number of aromatic amines is 1. The number of benzene rings is 2. The highest BCUT2D eigenvalue weighted by Crippen LogP contribution is 2.47. The quantitative estimate of drug-likeness (QED) is 0.302. The van der Waals surface area contributed by atoms with Crippen LogP contribution in [-0.4, -0.2) is 70.3 Å². The van der Waals surface area contributed by atoms with Gasteiger partial charge in [-0.25, -0.2) is 8.78 Å². The standard InChI is InChI=1S/C33H36F2N6O/c34-25-14-23-30(29(35)28(25)24-15-36-26-5-1-4-22(27(24)26)19-6-7-19)38-32(42-18-33-10-2-12-41(33)13-3-11-33)39-31(23)40-16-20-8-9-21(17-40)37-20/h1,4-5,14-15,19-21,36-37H,2-3,6-13,16-18H2/t20-,21+. The maximum absolute atomic E-state index is 16.8. The molecule has 2 atom stereocenters. The van der Waals surface area contributed by atoms with Gasteiger partial charge in [-0.3, -0.25) is 4.90 Å². The Morgan fingerprint density at radius 2 is 1.79 bits per heavy atom. The van der Waals surface area contributed by atoms with Crippen molar-refractivity contribution in [3.8, 4) is 17.1 Å². The van der Waals surface area contributed by atoms with Crippen LogP contribution in [-0.2, 0) is 0 Å². The summed E-state index contributed by atoms with van der Waals surface area (Å²) in [6.45, 7) is 4.19. The summed E-state index contributed by atoms with van der Waals surface area (Å²) in [5.74, 6) is -0.223. The molecule has 0 unspecified atom stereocenters. The fourth-order valence-corrected chi connectivity index (χ4v) is 8.49. The molecule has 2 bridgehead atoms. The number of nitrogens with one attached hydrogen (secondary N) is 2. The van der Waals surface area contributed by atoms with Gasteiger partial charge in [0.15, 0.2) is 5.82 Å². The van der Waals surface area contributed by atoms with E-state index in [-0.39, 0.29) is 22.6 Å². The van der Waals surface area contributed by atoms with Crippen molar-refractivity contribution in [2.75, 3.05) is 37.7 Å². The summed E-state index contributed by atoms with van der Waals surface area (Å²) >= 11 is 0. The lowest BCUT2D eigenvalue weighted by atomic mass is 9.95. The Bertz CT molecular complexity index is 1690. The second kappa shape index (κ2) is 9.35. The van der Waals surface area contributed by atoms with E-state index in [1.54, 1.807) is 6.20 Å². The molecule has 2 aromatic carbocycles. The lowest BCUT2D eigenvalue weighted by Gasteiger charge is -2.34.